The molecule has 8 atom stereocenters. The van der Waals surface area contributed by atoms with Crippen molar-refractivity contribution in [1.82, 2.24) is 41.0 Å². The van der Waals surface area contributed by atoms with E-state index in [1.54, 1.807) is 69.7 Å². The summed E-state index contributed by atoms with van der Waals surface area (Å²) in [5.41, 5.74) is 1.62. The minimum Gasteiger partial charge on any atom is -0.373 e. The van der Waals surface area contributed by atoms with Crippen molar-refractivity contribution >= 4 is 43.3 Å². The third-order valence-electron chi connectivity index (χ3n) is 14.8. The molecule has 2 aliphatic rings. The Morgan fingerprint density at radius 2 is 1.31 bits per heavy atom. The number of likely N-dealkylation sites (tertiary alicyclic amines) is 1. The van der Waals surface area contributed by atoms with E-state index in [9.17, 15) is 28.6 Å². The number of nitrogens with one attached hydrogen (secondary N) is 5. The molecule has 1 saturated heterocycles. The molecule has 6 N–H and O–H groups in total. The van der Waals surface area contributed by atoms with Crippen molar-refractivity contribution in [2.75, 3.05) is 19.8 Å². The lowest BCUT2D eigenvalue weighted by molar-refractivity contribution is -0.139. The Labute approximate surface area is 492 Å². The number of benzene rings is 4. The van der Waals surface area contributed by atoms with E-state index in [4.69, 9.17) is 18.5 Å². The zero-order chi connectivity index (χ0) is 60.6. The Hall–Kier alpha value is -7.32. The van der Waals surface area contributed by atoms with Crippen LogP contribution in [0.1, 0.15) is 109 Å². The number of hydrogen-bond acceptors (Lipinski definition) is 12. The zero-order valence-corrected chi connectivity index (χ0v) is 49.9. The number of carbonyl (C=O) groups is 6. The summed E-state index contributed by atoms with van der Waals surface area (Å²) in [6.45, 7) is 15.1. The Morgan fingerprint density at radius 3 is 1.83 bits per heavy atom. The first-order chi connectivity index (χ1) is 40.1. The molecule has 450 valence electrons. The highest BCUT2D eigenvalue weighted by atomic mass is 31.2. The molecule has 1 aliphatic heterocycles. The van der Waals surface area contributed by atoms with Crippen LogP contribution in [0, 0.1) is 5.92 Å². The highest BCUT2D eigenvalue weighted by Gasteiger charge is 2.44. The summed E-state index contributed by atoms with van der Waals surface area (Å²) in [7, 11) is -4.86. The van der Waals surface area contributed by atoms with Crippen LogP contribution in [0.15, 0.2) is 147 Å². The molecule has 21 heteroatoms. The van der Waals surface area contributed by atoms with Crippen LogP contribution in [0.2, 0.25) is 0 Å². The van der Waals surface area contributed by atoms with Gasteiger partial charge in [0.05, 0.1) is 44.0 Å². The van der Waals surface area contributed by atoms with E-state index in [2.05, 4.69) is 38.1 Å². The van der Waals surface area contributed by atoms with E-state index in [0.29, 0.717) is 24.1 Å². The lowest BCUT2D eigenvalue weighted by Crippen LogP contribution is -2.62. The van der Waals surface area contributed by atoms with Crippen LogP contribution < -0.4 is 26.6 Å². The minimum absolute atomic E-state index is 0.124. The summed E-state index contributed by atoms with van der Waals surface area (Å²) in [4.78, 5) is 104. The molecule has 4 aromatic carbocycles. The van der Waals surface area contributed by atoms with Crippen LogP contribution in [0.3, 0.4) is 0 Å². The largest absolute Gasteiger partial charge is 0.472 e. The summed E-state index contributed by atoms with van der Waals surface area (Å²) in [6.07, 6.45) is 5.21. The molecule has 1 saturated carbocycles. The van der Waals surface area contributed by atoms with E-state index in [1.807, 2.05) is 109 Å². The van der Waals surface area contributed by atoms with Crippen LogP contribution in [-0.2, 0) is 70.4 Å². The first-order valence-corrected chi connectivity index (χ1v) is 30.1. The van der Waals surface area contributed by atoms with Gasteiger partial charge >= 0.3 is 7.82 Å². The SMILES string of the molecule is C=CCO[C@@H]1C[C@@H](C(=O)N[C@@H](CC(C)C)C(=O)N[C@@H](Cc2cncn2C(c2ccccc2)(c2ccccc2)c2ccccc2)C(=O)N[C@@H](COC(C)(C)C)C(=O)N[C@H](C(=O)NC2CCC2)[C@@H](C)OP(=O)(O)OCc2ccccc2)N(C(C)=O)C1. The third kappa shape index (κ3) is 17.2. The van der Waals surface area contributed by atoms with Crippen LogP contribution in [-0.4, -0.2) is 129 Å². The van der Waals surface area contributed by atoms with E-state index >= 15 is 9.59 Å². The Bertz CT molecular complexity index is 2950. The van der Waals surface area contributed by atoms with Gasteiger partial charge in [-0.25, -0.2) is 9.55 Å². The average molecular weight is 1170 g/mol. The van der Waals surface area contributed by atoms with E-state index in [-0.39, 0.29) is 56.9 Å². The fourth-order valence-electron chi connectivity index (χ4n) is 10.4. The standard InChI is InChI=1S/C63H81N8O12P/c1-9-33-80-51-36-55(70(38-51)44(5)72)60(76)67-52(34-42(2)3)57(73)66-53(35-50-37-64-41-71(50)63(46-25-16-11-17-26-46,47-27-18-12-19-28-47)48-29-20-13-21-30-48)58(74)68-54(40-81-62(6,7)8)59(75)69-56(61(77)65-49-31-22-32-49)43(4)83-84(78,79)82-39-45-23-14-10-15-24-45/h9-21,23-30,37,41-43,49,51-56H,1,22,31-36,38-40H2,2-8H3,(H,65,77)(H,66,73)(H,67,76)(H,68,74)(H,69,75)(H,78,79)/t43-,51-,52+,53+,54+,55+,56+/m1/s1. The number of phosphoric acid groups is 1. The van der Waals surface area contributed by atoms with Crippen LogP contribution >= 0.6 is 7.82 Å². The number of nitrogens with zero attached hydrogens (tertiary/aromatic N) is 3. The van der Waals surface area contributed by atoms with Crippen molar-refractivity contribution in [3.8, 4) is 0 Å². The van der Waals surface area contributed by atoms with Gasteiger partial charge in [-0.3, -0.25) is 37.8 Å². The molecule has 1 aliphatic carbocycles. The molecular formula is C63H81N8O12P. The predicted octanol–water partition coefficient (Wildman–Crippen LogP) is 6.65. The van der Waals surface area contributed by atoms with Crippen molar-refractivity contribution in [3.63, 3.8) is 0 Å². The maximum absolute atomic E-state index is 15.5. The molecule has 1 unspecified atom stereocenters. The summed E-state index contributed by atoms with van der Waals surface area (Å²) in [6, 6.07) is 30.9. The fraction of sp³-hybridized carbons (Fsp3) is 0.444. The molecule has 5 aromatic rings. The number of carbonyl (C=O) groups excluding carboxylic acids is 6. The lowest BCUT2D eigenvalue weighted by atomic mass is 9.76. The van der Waals surface area contributed by atoms with Crippen molar-refractivity contribution < 1.29 is 56.7 Å². The summed E-state index contributed by atoms with van der Waals surface area (Å²) in [5, 5.41) is 14.2. The molecule has 7 rings (SSSR count). The van der Waals surface area contributed by atoms with Gasteiger partial charge in [0.1, 0.15) is 35.7 Å². The predicted molar refractivity (Wildman–Crippen MR) is 317 cm³/mol. The maximum atomic E-state index is 15.5. The summed E-state index contributed by atoms with van der Waals surface area (Å²) < 4.78 is 38.3. The van der Waals surface area contributed by atoms with E-state index in [1.165, 1.54) is 18.7 Å². The van der Waals surface area contributed by atoms with E-state index < -0.39 is 97.5 Å². The number of phosphoric ester groups is 1. The number of amides is 6. The quantitative estimate of drug-likeness (QED) is 0.0167. The molecule has 2 fully saturated rings. The second-order valence-electron chi connectivity index (χ2n) is 22.8. The molecule has 1 aromatic heterocycles. The van der Waals surface area contributed by atoms with Crippen molar-refractivity contribution in [2.45, 2.75) is 153 Å². The molecule has 2 heterocycles. The van der Waals surface area contributed by atoms with Gasteiger partial charge in [0.25, 0.3) is 0 Å². The van der Waals surface area contributed by atoms with Crippen molar-refractivity contribution in [3.05, 3.63) is 174 Å². The molecule has 0 radical (unpaired) electrons. The van der Waals surface area contributed by atoms with Gasteiger partial charge in [0, 0.05) is 44.2 Å². The molecule has 0 spiro atoms. The second kappa shape index (κ2) is 29.5. The fourth-order valence-corrected chi connectivity index (χ4v) is 11.3. The second-order valence-corrected chi connectivity index (χ2v) is 24.2. The van der Waals surface area contributed by atoms with Gasteiger partial charge in [0.15, 0.2) is 0 Å². The highest BCUT2D eigenvalue weighted by Crippen LogP contribution is 2.46. The Morgan fingerprint density at radius 1 is 0.762 bits per heavy atom. The number of imidazole rings is 1. The van der Waals surface area contributed by atoms with Gasteiger partial charge < -0.3 is 50.4 Å². The molecule has 84 heavy (non-hydrogen) atoms. The van der Waals surface area contributed by atoms with Crippen molar-refractivity contribution in [1.29, 1.82) is 0 Å². The third-order valence-corrected chi connectivity index (χ3v) is 15.9. The number of rotatable bonds is 29. The summed E-state index contributed by atoms with van der Waals surface area (Å²) >= 11 is 0. The van der Waals surface area contributed by atoms with Gasteiger partial charge in [-0.15, -0.1) is 6.58 Å². The molecule has 0 bridgehead atoms. The van der Waals surface area contributed by atoms with Crippen LogP contribution in [0.4, 0.5) is 0 Å². The summed E-state index contributed by atoms with van der Waals surface area (Å²) in [5.74, 6) is -4.31. The molecular weight excluding hydrogens is 1090 g/mol. The maximum Gasteiger partial charge on any atom is 0.472 e. The van der Waals surface area contributed by atoms with Crippen LogP contribution in [0.25, 0.3) is 0 Å². The monoisotopic (exact) mass is 1170 g/mol. The van der Waals surface area contributed by atoms with E-state index in [0.717, 1.165) is 23.1 Å². The average Bonchev–Trinajstić information content (AvgIpc) is 1.89. The van der Waals surface area contributed by atoms with Crippen LogP contribution in [0.5, 0.6) is 0 Å². The topological polar surface area (TPSA) is 258 Å². The Kier molecular flexibility index (Phi) is 22.5. The smallest absolute Gasteiger partial charge is 0.373 e. The normalized spacial score (nSPS) is 18.0. The number of hydrogen-bond donors (Lipinski definition) is 6. The molecule has 6 amide bonds. The van der Waals surface area contributed by atoms with Gasteiger partial charge in [-0.1, -0.05) is 141 Å². The Balaban J connectivity index is 1.27. The van der Waals surface area contributed by atoms with Gasteiger partial charge in [0.2, 0.25) is 35.4 Å². The van der Waals surface area contributed by atoms with Gasteiger partial charge in [-0.05, 0) is 81.5 Å². The van der Waals surface area contributed by atoms with Crippen molar-refractivity contribution in [2.24, 2.45) is 5.92 Å². The number of aromatic nitrogens is 2. The van der Waals surface area contributed by atoms with Gasteiger partial charge in [-0.2, -0.15) is 0 Å². The minimum atomic E-state index is -4.86. The zero-order valence-electron chi connectivity index (χ0n) is 49.0. The lowest BCUT2D eigenvalue weighted by Gasteiger charge is -2.39. The first-order valence-electron chi connectivity index (χ1n) is 28.6. The first kappa shape index (κ1) is 64.2. The molecule has 20 nitrogen and oxygen atoms in total. The highest BCUT2D eigenvalue weighted by molar-refractivity contribution is 7.47. The number of ether oxygens (including phenoxy) is 2.